The Morgan fingerprint density at radius 3 is 2.33 bits per heavy atom. The maximum absolute atomic E-state index is 14.7. The van der Waals surface area contributed by atoms with Crippen molar-refractivity contribution in [2.24, 2.45) is 11.8 Å². The fraction of sp³-hybridized carbons (Fsp3) is 0.364. The average Bonchev–Trinajstić information content (AvgIpc) is 2.63. The summed E-state index contributed by atoms with van der Waals surface area (Å²) < 4.78 is 14.7. The van der Waals surface area contributed by atoms with E-state index in [1.807, 2.05) is 39.0 Å². The van der Waals surface area contributed by atoms with E-state index in [2.05, 4.69) is 0 Å². The number of likely N-dealkylation sites (tertiary alicyclic amines) is 1. The van der Waals surface area contributed by atoms with Gasteiger partial charge in [-0.15, -0.1) is 0 Å². The van der Waals surface area contributed by atoms with Gasteiger partial charge in [-0.05, 0) is 60.6 Å². The van der Waals surface area contributed by atoms with Crippen LogP contribution in [0, 0.1) is 31.5 Å². The van der Waals surface area contributed by atoms with Crippen LogP contribution in [0.5, 0.6) is 0 Å². The summed E-state index contributed by atoms with van der Waals surface area (Å²) in [5.41, 5.74) is 3.97. The van der Waals surface area contributed by atoms with Gasteiger partial charge in [0.05, 0.1) is 11.5 Å². The second-order valence-corrected chi connectivity index (χ2v) is 7.46. The van der Waals surface area contributed by atoms with Crippen LogP contribution in [0.25, 0.3) is 11.1 Å². The van der Waals surface area contributed by atoms with Gasteiger partial charge in [-0.25, -0.2) is 4.39 Å². The Hall–Kier alpha value is -2.69. The van der Waals surface area contributed by atoms with Crippen molar-refractivity contribution in [1.29, 1.82) is 0 Å². The van der Waals surface area contributed by atoms with Crippen molar-refractivity contribution in [1.82, 2.24) is 4.90 Å². The molecule has 1 heterocycles. The Morgan fingerprint density at radius 2 is 1.74 bits per heavy atom. The van der Waals surface area contributed by atoms with Gasteiger partial charge < -0.3 is 10.0 Å². The topological polar surface area (TPSA) is 57.6 Å². The van der Waals surface area contributed by atoms with E-state index in [1.165, 1.54) is 17.7 Å². The number of carboxylic acid groups (broad SMARTS) is 1. The van der Waals surface area contributed by atoms with E-state index < -0.39 is 17.7 Å². The summed E-state index contributed by atoms with van der Waals surface area (Å²) in [5.74, 6) is -2.37. The number of carbonyl (C=O) groups is 2. The maximum Gasteiger partial charge on any atom is 0.306 e. The molecule has 1 saturated heterocycles. The lowest BCUT2D eigenvalue weighted by atomic mass is 9.86. The summed E-state index contributed by atoms with van der Waals surface area (Å²) >= 11 is 0. The van der Waals surface area contributed by atoms with Gasteiger partial charge in [0.25, 0.3) is 5.91 Å². The van der Waals surface area contributed by atoms with E-state index in [0.717, 1.165) is 16.7 Å². The Morgan fingerprint density at radius 1 is 1.07 bits per heavy atom. The molecule has 142 valence electrons. The predicted molar refractivity (Wildman–Crippen MR) is 102 cm³/mol. The van der Waals surface area contributed by atoms with Gasteiger partial charge in [-0.3, -0.25) is 9.59 Å². The molecular weight excluding hydrogens is 345 g/mol. The predicted octanol–water partition coefficient (Wildman–Crippen LogP) is 4.29. The zero-order valence-electron chi connectivity index (χ0n) is 15.8. The van der Waals surface area contributed by atoms with Crippen LogP contribution in [0.3, 0.4) is 0 Å². The minimum absolute atomic E-state index is 0.0311. The van der Waals surface area contributed by atoms with Crippen LogP contribution in [-0.4, -0.2) is 35.0 Å². The third-order valence-electron chi connectivity index (χ3n) is 5.55. The van der Waals surface area contributed by atoms with Crippen LogP contribution >= 0.6 is 0 Å². The Labute approximate surface area is 158 Å². The lowest BCUT2D eigenvalue weighted by Gasteiger charge is -2.35. The molecule has 1 N–H and O–H groups in total. The highest BCUT2D eigenvalue weighted by atomic mass is 19.1. The maximum atomic E-state index is 14.7. The zero-order valence-corrected chi connectivity index (χ0v) is 15.8. The molecule has 27 heavy (non-hydrogen) atoms. The fourth-order valence-electron chi connectivity index (χ4n) is 3.66. The zero-order chi connectivity index (χ0) is 19.7. The first kappa shape index (κ1) is 19.1. The third kappa shape index (κ3) is 3.87. The van der Waals surface area contributed by atoms with Crippen LogP contribution in [0.1, 0.15) is 34.8 Å². The van der Waals surface area contributed by atoms with E-state index in [1.54, 1.807) is 11.0 Å². The molecular formula is C22H24FNO3. The number of nitrogens with zero attached hydrogens (tertiary/aromatic N) is 1. The summed E-state index contributed by atoms with van der Waals surface area (Å²) in [5, 5.41) is 9.21. The molecule has 2 atom stereocenters. The molecule has 1 aliphatic heterocycles. The number of benzene rings is 2. The van der Waals surface area contributed by atoms with Gasteiger partial charge in [-0.2, -0.15) is 0 Å². The van der Waals surface area contributed by atoms with Crippen molar-refractivity contribution in [3.63, 3.8) is 0 Å². The molecule has 1 amide bonds. The number of aryl methyl sites for hydroxylation is 2. The number of amides is 1. The monoisotopic (exact) mass is 369 g/mol. The van der Waals surface area contributed by atoms with Crippen molar-refractivity contribution < 1.29 is 19.1 Å². The Kier molecular flexibility index (Phi) is 5.31. The van der Waals surface area contributed by atoms with E-state index in [9.17, 15) is 19.1 Å². The molecule has 2 aromatic rings. The minimum Gasteiger partial charge on any atom is -0.481 e. The summed E-state index contributed by atoms with van der Waals surface area (Å²) in [6.45, 7) is 6.51. The number of hydrogen-bond donors (Lipinski definition) is 1. The van der Waals surface area contributed by atoms with Crippen molar-refractivity contribution in [2.75, 3.05) is 13.1 Å². The minimum atomic E-state index is -0.835. The average molecular weight is 369 g/mol. The van der Waals surface area contributed by atoms with Crippen LogP contribution < -0.4 is 0 Å². The molecule has 4 nitrogen and oxygen atoms in total. The first-order chi connectivity index (χ1) is 12.8. The molecule has 3 rings (SSSR count). The summed E-state index contributed by atoms with van der Waals surface area (Å²) in [6, 6.07) is 10.6. The molecule has 0 radical (unpaired) electrons. The van der Waals surface area contributed by atoms with Crippen LogP contribution in [-0.2, 0) is 4.79 Å². The Balaban J connectivity index is 1.80. The summed E-state index contributed by atoms with van der Waals surface area (Å²) in [6.07, 6.45) is 0.393. The third-order valence-corrected chi connectivity index (χ3v) is 5.55. The van der Waals surface area contributed by atoms with Crippen molar-refractivity contribution >= 4 is 11.9 Å². The highest BCUT2D eigenvalue weighted by Gasteiger charge is 2.33. The second kappa shape index (κ2) is 7.51. The number of carboxylic acids is 1. The summed E-state index contributed by atoms with van der Waals surface area (Å²) in [4.78, 5) is 25.5. The highest BCUT2D eigenvalue weighted by Crippen LogP contribution is 2.27. The number of hydrogen-bond acceptors (Lipinski definition) is 2. The van der Waals surface area contributed by atoms with Gasteiger partial charge in [0, 0.05) is 13.1 Å². The van der Waals surface area contributed by atoms with Crippen molar-refractivity contribution in [3.05, 3.63) is 58.9 Å². The van der Waals surface area contributed by atoms with Crippen LogP contribution in [0.2, 0.25) is 0 Å². The van der Waals surface area contributed by atoms with Gasteiger partial charge in [0.1, 0.15) is 5.82 Å². The number of halogens is 1. The molecule has 0 aliphatic carbocycles. The van der Waals surface area contributed by atoms with E-state index in [0.29, 0.717) is 19.5 Å². The SMILES string of the molecule is Cc1ccc(-c2ccc(C(=O)N3CCC(C(=O)O)C(C)C3)c(F)c2)cc1C. The molecule has 0 spiro atoms. The van der Waals surface area contributed by atoms with Crippen LogP contribution in [0.4, 0.5) is 4.39 Å². The largest absolute Gasteiger partial charge is 0.481 e. The first-order valence-corrected chi connectivity index (χ1v) is 9.17. The lowest BCUT2D eigenvalue weighted by Crippen LogP contribution is -2.45. The van der Waals surface area contributed by atoms with Crippen LogP contribution in [0.15, 0.2) is 36.4 Å². The molecule has 1 aliphatic rings. The van der Waals surface area contributed by atoms with Crippen molar-refractivity contribution in [2.45, 2.75) is 27.2 Å². The van der Waals surface area contributed by atoms with Gasteiger partial charge >= 0.3 is 5.97 Å². The van der Waals surface area contributed by atoms with Gasteiger partial charge in [0.15, 0.2) is 0 Å². The molecule has 2 unspecified atom stereocenters. The van der Waals surface area contributed by atoms with Crippen molar-refractivity contribution in [3.8, 4) is 11.1 Å². The second-order valence-electron chi connectivity index (χ2n) is 7.46. The highest BCUT2D eigenvalue weighted by molar-refractivity contribution is 5.95. The number of rotatable bonds is 3. The quantitative estimate of drug-likeness (QED) is 0.878. The van der Waals surface area contributed by atoms with Gasteiger partial charge in [0.2, 0.25) is 0 Å². The molecule has 1 fully saturated rings. The molecule has 0 saturated carbocycles. The normalized spacial score (nSPS) is 19.8. The van der Waals surface area contributed by atoms with E-state index >= 15 is 0 Å². The van der Waals surface area contributed by atoms with Gasteiger partial charge in [-0.1, -0.05) is 31.2 Å². The standard InChI is InChI=1S/C22H24FNO3/c1-13-4-5-16(10-14(13)2)17-6-7-19(20(23)11-17)21(25)24-9-8-18(22(26)27)15(3)12-24/h4-7,10-11,15,18H,8-9,12H2,1-3H3,(H,26,27). The lowest BCUT2D eigenvalue weighted by molar-refractivity contribution is -0.145. The fourth-order valence-corrected chi connectivity index (χ4v) is 3.66. The Bertz CT molecular complexity index is 893. The molecule has 5 heteroatoms. The smallest absolute Gasteiger partial charge is 0.306 e. The number of piperidine rings is 1. The van der Waals surface area contributed by atoms with E-state index in [4.69, 9.17) is 0 Å². The number of carbonyl (C=O) groups excluding carboxylic acids is 1. The number of aliphatic carboxylic acids is 1. The summed E-state index contributed by atoms with van der Waals surface area (Å²) in [7, 11) is 0. The molecule has 0 bridgehead atoms. The first-order valence-electron chi connectivity index (χ1n) is 9.17. The molecule has 0 aromatic heterocycles. The van der Waals surface area contributed by atoms with E-state index in [-0.39, 0.29) is 17.4 Å². The molecule has 2 aromatic carbocycles.